The SMILES string of the molecule is C[C@H](/C=C/C(CO)C(C)(C)O)C1CCC2=C3C=CC4=CC(=O)CC[C@]4(C)C3CC[C@@]21C. The molecule has 0 bridgehead atoms. The highest BCUT2D eigenvalue weighted by Crippen LogP contribution is 2.63. The van der Waals surface area contributed by atoms with Crippen molar-refractivity contribution in [3.8, 4) is 0 Å². The molecule has 3 heteroatoms. The van der Waals surface area contributed by atoms with Gasteiger partial charge < -0.3 is 10.2 Å². The van der Waals surface area contributed by atoms with Gasteiger partial charge in [-0.15, -0.1) is 0 Å². The minimum absolute atomic E-state index is 0.0344. The molecule has 0 aliphatic heterocycles. The molecule has 4 rings (SSSR count). The van der Waals surface area contributed by atoms with Crippen LogP contribution in [0.2, 0.25) is 0 Å². The Kier molecular flexibility index (Phi) is 5.75. The fourth-order valence-corrected chi connectivity index (χ4v) is 7.16. The zero-order chi connectivity index (χ0) is 22.6. The molecule has 0 amide bonds. The summed E-state index contributed by atoms with van der Waals surface area (Å²) in [6.45, 7) is 10.7. The van der Waals surface area contributed by atoms with Gasteiger partial charge >= 0.3 is 0 Å². The third-order valence-electron chi connectivity index (χ3n) is 9.35. The molecule has 4 aliphatic carbocycles. The molecule has 31 heavy (non-hydrogen) atoms. The van der Waals surface area contributed by atoms with Gasteiger partial charge in [-0.3, -0.25) is 4.79 Å². The van der Waals surface area contributed by atoms with Crippen molar-refractivity contribution < 1.29 is 15.0 Å². The Morgan fingerprint density at radius 2 is 1.87 bits per heavy atom. The number of aliphatic hydroxyl groups is 2. The smallest absolute Gasteiger partial charge is 0.156 e. The van der Waals surface area contributed by atoms with Gasteiger partial charge in [0, 0.05) is 12.3 Å². The second-order valence-corrected chi connectivity index (χ2v) is 11.6. The van der Waals surface area contributed by atoms with Crippen LogP contribution in [-0.2, 0) is 4.79 Å². The zero-order valence-corrected chi connectivity index (χ0v) is 19.9. The lowest BCUT2D eigenvalue weighted by atomic mass is 9.53. The Balaban J connectivity index is 1.63. The van der Waals surface area contributed by atoms with Crippen LogP contribution < -0.4 is 0 Å². The molecule has 0 aromatic rings. The third-order valence-corrected chi connectivity index (χ3v) is 9.35. The number of hydrogen-bond acceptors (Lipinski definition) is 3. The fraction of sp³-hybridized carbons (Fsp3) is 0.679. The summed E-state index contributed by atoms with van der Waals surface area (Å²) in [6, 6.07) is 0. The summed E-state index contributed by atoms with van der Waals surface area (Å²) in [5.41, 5.74) is 3.87. The van der Waals surface area contributed by atoms with Crippen molar-refractivity contribution >= 4 is 5.78 Å². The van der Waals surface area contributed by atoms with E-state index < -0.39 is 5.60 Å². The summed E-state index contributed by atoms with van der Waals surface area (Å²) in [4.78, 5) is 12.0. The number of hydrogen-bond donors (Lipinski definition) is 2. The van der Waals surface area contributed by atoms with Crippen LogP contribution in [-0.4, -0.2) is 28.2 Å². The van der Waals surface area contributed by atoms with E-state index in [1.807, 2.05) is 12.2 Å². The maximum Gasteiger partial charge on any atom is 0.156 e. The van der Waals surface area contributed by atoms with E-state index >= 15 is 0 Å². The number of aliphatic hydroxyl groups excluding tert-OH is 1. The van der Waals surface area contributed by atoms with Crippen LogP contribution in [0.15, 0.2) is 47.1 Å². The highest BCUT2D eigenvalue weighted by molar-refractivity contribution is 5.92. The van der Waals surface area contributed by atoms with Crippen LogP contribution in [0.1, 0.15) is 73.1 Å². The largest absolute Gasteiger partial charge is 0.396 e. The number of carbonyl (C=O) groups excluding carboxylic acids is 1. The van der Waals surface area contributed by atoms with Crippen molar-refractivity contribution in [2.24, 2.45) is 34.5 Å². The van der Waals surface area contributed by atoms with Crippen LogP contribution in [0.3, 0.4) is 0 Å². The molecule has 1 fully saturated rings. The standard InChI is InChI=1S/C28H40O3/c1-18(6-7-20(17-29)26(2,3)31)23-10-11-24-22-9-8-19-16-21(30)12-14-27(19,4)25(22)13-15-28(23,24)5/h6-9,16,18,20,23,25,29,31H,10-15,17H2,1-5H3/b7-6+/t18-,20?,23?,25?,27+,28-/m1/s1. The van der Waals surface area contributed by atoms with Crippen LogP contribution >= 0.6 is 0 Å². The number of allylic oxidation sites excluding steroid dienone is 7. The second-order valence-electron chi connectivity index (χ2n) is 11.6. The number of ketones is 1. The Hall–Kier alpha value is -1.45. The van der Waals surface area contributed by atoms with E-state index in [0.29, 0.717) is 24.2 Å². The molecule has 6 atom stereocenters. The summed E-state index contributed by atoms with van der Waals surface area (Å²) < 4.78 is 0. The van der Waals surface area contributed by atoms with Crippen LogP contribution in [0.25, 0.3) is 0 Å². The molecule has 170 valence electrons. The first kappa shape index (κ1) is 22.7. The zero-order valence-electron chi connectivity index (χ0n) is 19.9. The topological polar surface area (TPSA) is 57.5 Å². The molecule has 0 radical (unpaired) electrons. The molecule has 2 N–H and O–H groups in total. The molecule has 0 spiro atoms. The Morgan fingerprint density at radius 1 is 1.13 bits per heavy atom. The Labute approximate surface area is 188 Å². The molecule has 3 nitrogen and oxygen atoms in total. The van der Waals surface area contributed by atoms with Gasteiger partial charge in [0.05, 0.1) is 12.2 Å². The van der Waals surface area contributed by atoms with Gasteiger partial charge in [-0.1, -0.05) is 50.6 Å². The lowest BCUT2D eigenvalue weighted by Crippen LogP contribution is -2.41. The van der Waals surface area contributed by atoms with Gasteiger partial charge in [0.25, 0.3) is 0 Å². The molecule has 0 aromatic heterocycles. The molecule has 0 heterocycles. The lowest BCUT2D eigenvalue weighted by Gasteiger charge is -2.51. The summed E-state index contributed by atoms with van der Waals surface area (Å²) in [6.07, 6.45) is 17.2. The van der Waals surface area contributed by atoms with E-state index in [1.165, 1.54) is 31.3 Å². The molecule has 0 aromatic carbocycles. The van der Waals surface area contributed by atoms with Crippen molar-refractivity contribution in [2.75, 3.05) is 6.61 Å². The van der Waals surface area contributed by atoms with Crippen LogP contribution in [0.4, 0.5) is 0 Å². The summed E-state index contributed by atoms with van der Waals surface area (Å²) >= 11 is 0. The van der Waals surface area contributed by atoms with Gasteiger partial charge in [-0.2, -0.15) is 0 Å². The van der Waals surface area contributed by atoms with Gasteiger partial charge in [0.1, 0.15) is 0 Å². The molecule has 0 saturated heterocycles. The average Bonchev–Trinajstić information content (AvgIpc) is 3.05. The lowest BCUT2D eigenvalue weighted by molar-refractivity contribution is -0.116. The fourth-order valence-electron chi connectivity index (χ4n) is 7.16. The molecular weight excluding hydrogens is 384 g/mol. The van der Waals surface area contributed by atoms with Gasteiger partial charge in [-0.05, 0) is 91.8 Å². The normalized spacial score (nSPS) is 37.4. The molecular formula is C28H40O3. The van der Waals surface area contributed by atoms with E-state index in [0.717, 1.165) is 6.42 Å². The van der Waals surface area contributed by atoms with E-state index in [9.17, 15) is 15.0 Å². The van der Waals surface area contributed by atoms with Gasteiger partial charge in [-0.25, -0.2) is 0 Å². The van der Waals surface area contributed by atoms with Crippen LogP contribution in [0.5, 0.6) is 0 Å². The van der Waals surface area contributed by atoms with Crippen molar-refractivity contribution in [2.45, 2.75) is 78.7 Å². The van der Waals surface area contributed by atoms with E-state index in [4.69, 9.17) is 0 Å². The maximum atomic E-state index is 12.0. The minimum Gasteiger partial charge on any atom is -0.396 e. The molecule has 4 aliphatic rings. The van der Waals surface area contributed by atoms with Crippen molar-refractivity contribution in [1.29, 1.82) is 0 Å². The minimum atomic E-state index is -0.912. The maximum absolute atomic E-state index is 12.0. The first-order valence-electron chi connectivity index (χ1n) is 12.2. The number of fused-ring (bicyclic) bond motifs is 4. The Morgan fingerprint density at radius 3 is 2.55 bits per heavy atom. The second kappa shape index (κ2) is 7.85. The summed E-state index contributed by atoms with van der Waals surface area (Å²) in [5.74, 6) is 1.57. The highest BCUT2D eigenvalue weighted by Gasteiger charge is 2.53. The quantitative estimate of drug-likeness (QED) is 0.569. The third kappa shape index (κ3) is 3.72. The van der Waals surface area contributed by atoms with Crippen LogP contribution in [0, 0.1) is 34.5 Å². The van der Waals surface area contributed by atoms with Crippen molar-refractivity contribution in [1.82, 2.24) is 0 Å². The number of rotatable bonds is 5. The highest BCUT2D eigenvalue weighted by atomic mass is 16.3. The van der Waals surface area contributed by atoms with Gasteiger partial charge in [0.15, 0.2) is 5.78 Å². The molecule has 1 saturated carbocycles. The summed E-state index contributed by atoms with van der Waals surface area (Å²) in [7, 11) is 0. The average molecular weight is 425 g/mol. The Bertz CT molecular complexity index is 867. The molecule has 3 unspecified atom stereocenters. The first-order chi connectivity index (χ1) is 14.5. The number of carbonyl (C=O) groups is 1. The first-order valence-corrected chi connectivity index (χ1v) is 12.2. The van der Waals surface area contributed by atoms with Crippen molar-refractivity contribution in [3.63, 3.8) is 0 Å². The monoisotopic (exact) mass is 424 g/mol. The predicted octanol–water partition coefficient (Wildman–Crippen LogP) is 5.55. The van der Waals surface area contributed by atoms with Crippen molar-refractivity contribution in [3.05, 3.63) is 47.1 Å². The predicted molar refractivity (Wildman–Crippen MR) is 125 cm³/mol. The van der Waals surface area contributed by atoms with E-state index in [2.05, 4.69) is 39.0 Å². The van der Waals surface area contributed by atoms with E-state index in [-0.39, 0.29) is 29.1 Å². The van der Waals surface area contributed by atoms with Gasteiger partial charge in [0.2, 0.25) is 0 Å². The summed E-state index contributed by atoms with van der Waals surface area (Å²) in [5, 5.41) is 20.0. The van der Waals surface area contributed by atoms with E-state index in [1.54, 1.807) is 25.0 Å².